The minimum Gasteiger partial charge on any atom is -0.374 e. The lowest BCUT2D eigenvalue weighted by atomic mass is 9.96. The van der Waals surface area contributed by atoms with Gasteiger partial charge in [0.25, 0.3) is 0 Å². The number of carbonyl (C=O) groups is 2. The highest BCUT2D eigenvalue weighted by Crippen LogP contribution is 2.17. The highest BCUT2D eigenvalue weighted by atomic mass is 19.1. The van der Waals surface area contributed by atoms with Crippen LogP contribution in [0, 0.1) is 5.82 Å². The Kier molecular flexibility index (Phi) is 5.75. The molecule has 5 nitrogen and oxygen atoms in total. The zero-order valence-electron chi connectivity index (χ0n) is 12.7. The topological polar surface area (TPSA) is 70.2 Å². The van der Waals surface area contributed by atoms with Gasteiger partial charge in [0.2, 0.25) is 5.91 Å². The lowest BCUT2D eigenvalue weighted by Crippen LogP contribution is -2.49. The van der Waals surface area contributed by atoms with Gasteiger partial charge in [-0.15, -0.1) is 0 Å². The van der Waals surface area contributed by atoms with E-state index in [1.54, 1.807) is 19.1 Å². The van der Waals surface area contributed by atoms with Gasteiger partial charge in [0, 0.05) is 11.7 Å². The van der Waals surface area contributed by atoms with Crippen molar-refractivity contribution in [3.63, 3.8) is 0 Å². The van der Waals surface area contributed by atoms with Crippen molar-refractivity contribution < 1.29 is 14.0 Å². The van der Waals surface area contributed by atoms with Crippen LogP contribution in [0.4, 0.5) is 14.9 Å². The number of rotatable bonds is 4. The molecule has 1 aliphatic rings. The summed E-state index contributed by atoms with van der Waals surface area (Å²) >= 11 is 0. The Morgan fingerprint density at radius 1 is 1.23 bits per heavy atom. The molecule has 1 saturated carbocycles. The molecule has 1 aromatic carbocycles. The number of halogens is 1. The van der Waals surface area contributed by atoms with Crippen LogP contribution in [-0.4, -0.2) is 24.0 Å². The number of benzene rings is 1. The van der Waals surface area contributed by atoms with E-state index in [1.807, 2.05) is 0 Å². The first-order chi connectivity index (χ1) is 10.5. The molecule has 1 unspecified atom stereocenters. The molecule has 1 aromatic rings. The molecule has 0 bridgehead atoms. The molecule has 1 fully saturated rings. The first kappa shape index (κ1) is 16.3. The normalized spacial score (nSPS) is 16.6. The maximum Gasteiger partial charge on any atom is 0.321 e. The van der Waals surface area contributed by atoms with Crippen LogP contribution < -0.4 is 16.0 Å². The summed E-state index contributed by atoms with van der Waals surface area (Å²) in [6, 6.07) is 4.88. The quantitative estimate of drug-likeness (QED) is 0.801. The Bertz CT molecular complexity index is 530. The van der Waals surface area contributed by atoms with Crippen LogP contribution in [0.25, 0.3) is 0 Å². The number of nitrogens with one attached hydrogen (secondary N) is 3. The van der Waals surface area contributed by atoms with Gasteiger partial charge in [-0.3, -0.25) is 10.1 Å². The number of imide groups is 1. The number of carbonyl (C=O) groups excluding carboxylic acids is 2. The number of hydrogen-bond donors (Lipinski definition) is 3. The van der Waals surface area contributed by atoms with E-state index >= 15 is 0 Å². The fourth-order valence-electron chi connectivity index (χ4n) is 2.58. The van der Waals surface area contributed by atoms with E-state index in [4.69, 9.17) is 0 Å². The molecule has 0 spiro atoms. The highest BCUT2D eigenvalue weighted by Gasteiger charge is 2.19. The van der Waals surface area contributed by atoms with Crippen molar-refractivity contribution >= 4 is 17.6 Å². The zero-order chi connectivity index (χ0) is 15.9. The lowest BCUT2D eigenvalue weighted by Gasteiger charge is -2.23. The standard InChI is InChI=1S/C16H22FN3O2/c1-11(18-14-9-5-6-12(17)10-14)15(21)20-16(22)19-13-7-3-2-4-8-13/h5-6,9-11,13,18H,2-4,7-8H2,1H3,(H2,19,20,21,22). The number of amides is 3. The summed E-state index contributed by atoms with van der Waals surface area (Å²) in [4.78, 5) is 23.8. The summed E-state index contributed by atoms with van der Waals surface area (Å²) in [5.74, 6) is -0.828. The van der Waals surface area contributed by atoms with E-state index in [0.717, 1.165) is 25.7 Å². The molecule has 120 valence electrons. The molecule has 0 radical (unpaired) electrons. The van der Waals surface area contributed by atoms with Crippen LogP contribution in [-0.2, 0) is 4.79 Å². The smallest absolute Gasteiger partial charge is 0.321 e. The van der Waals surface area contributed by atoms with Crippen LogP contribution in [0.2, 0.25) is 0 Å². The van der Waals surface area contributed by atoms with Crippen molar-refractivity contribution in [1.29, 1.82) is 0 Å². The van der Waals surface area contributed by atoms with E-state index in [1.165, 1.54) is 18.6 Å². The molecule has 1 aliphatic carbocycles. The summed E-state index contributed by atoms with van der Waals surface area (Å²) in [6.07, 6.45) is 5.33. The monoisotopic (exact) mass is 307 g/mol. The molecule has 3 N–H and O–H groups in total. The van der Waals surface area contributed by atoms with Gasteiger partial charge in [-0.1, -0.05) is 25.3 Å². The van der Waals surface area contributed by atoms with Gasteiger partial charge in [-0.2, -0.15) is 0 Å². The van der Waals surface area contributed by atoms with Crippen LogP contribution in [0.1, 0.15) is 39.0 Å². The average Bonchev–Trinajstić information content (AvgIpc) is 2.48. The summed E-state index contributed by atoms with van der Waals surface area (Å²) in [5.41, 5.74) is 0.496. The van der Waals surface area contributed by atoms with Gasteiger partial charge in [-0.25, -0.2) is 9.18 Å². The predicted octanol–water partition coefficient (Wildman–Crippen LogP) is 2.78. The fourth-order valence-corrected chi connectivity index (χ4v) is 2.58. The van der Waals surface area contributed by atoms with Crippen LogP contribution in [0.15, 0.2) is 24.3 Å². The van der Waals surface area contributed by atoms with Crippen molar-refractivity contribution in [3.05, 3.63) is 30.1 Å². The predicted molar refractivity (Wildman–Crippen MR) is 83.0 cm³/mol. The summed E-state index contributed by atoms with van der Waals surface area (Å²) in [5, 5.41) is 8.00. The van der Waals surface area contributed by atoms with Gasteiger partial charge in [0.15, 0.2) is 0 Å². The van der Waals surface area contributed by atoms with Crippen molar-refractivity contribution in [2.45, 2.75) is 51.1 Å². The Balaban J connectivity index is 1.79. The highest BCUT2D eigenvalue weighted by molar-refractivity contribution is 5.98. The molecule has 22 heavy (non-hydrogen) atoms. The molecule has 0 heterocycles. The molecule has 0 saturated heterocycles. The maximum atomic E-state index is 13.1. The zero-order valence-corrected chi connectivity index (χ0v) is 12.7. The fraction of sp³-hybridized carbons (Fsp3) is 0.500. The molecular formula is C16H22FN3O2. The molecule has 0 aromatic heterocycles. The number of anilines is 1. The summed E-state index contributed by atoms with van der Waals surface area (Å²) in [6.45, 7) is 1.62. The van der Waals surface area contributed by atoms with E-state index in [-0.39, 0.29) is 11.9 Å². The Morgan fingerprint density at radius 2 is 1.95 bits per heavy atom. The molecular weight excluding hydrogens is 285 g/mol. The summed E-state index contributed by atoms with van der Waals surface area (Å²) < 4.78 is 13.1. The number of hydrogen-bond acceptors (Lipinski definition) is 3. The van der Waals surface area contributed by atoms with Gasteiger partial charge in [0.1, 0.15) is 11.9 Å². The van der Waals surface area contributed by atoms with Crippen LogP contribution in [0.5, 0.6) is 0 Å². The minimum absolute atomic E-state index is 0.146. The average molecular weight is 307 g/mol. The van der Waals surface area contributed by atoms with Crippen molar-refractivity contribution in [1.82, 2.24) is 10.6 Å². The van der Waals surface area contributed by atoms with Crippen molar-refractivity contribution in [3.8, 4) is 0 Å². The molecule has 3 amide bonds. The number of urea groups is 1. The third kappa shape index (κ3) is 5.02. The van der Waals surface area contributed by atoms with Crippen LogP contribution >= 0.6 is 0 Å². The maximum absolute atomic E-state index is 13.1. The van der Waals surface area contributed by atoms with E-state index < -0.39 is 18.0 Å². The molecule has 2 rings (SSSR count). The van der Waals surface area contributed by atoms with E-state index in [0.29, 0.717) is 5.69 Å². The van der Waals surface area contributed by atoms with Gasteiger partial charge in [0.05, 0.1) is 0 Å². The SMILES string of the molecule is CC(Nc1cccc(F)c1)C(=O)NC(=O)NC1CCCCC1. The van der Waals surface area contributed by atoms with Gasteiger partial charge < -0.3 is 10.6 Å². The van der Waals surface area contributed by atoms with E-state index in [9.17, 15) is 14.0 Å². The van der Waals surface area contributed by atoms with Crippen molar-refractivity contribution in [2.75, 3.05) is 5.32 Å². The van der Waals surface area contributed by atoms with Crippen molar-refractivity contribution in [2.24, 2.45) is 0 Å². The Labute approximate surface area is 129 Å². The third-order valence-electron chi connectivity index (χ3n) is 3.78. The third-order valence-corrected chi connectivity index (χ3v) is 3.78. The second-order valence-corrected chi connectivity index (χ2v) is 5.67. The van der Waals surface area contributed by atoms with Gasteiger partial charge in [-0.05, 0) is 38.0 Å². The first-order valence-electron chi connectivity index (χ1n) is 7.68. The molecule has 0 aliphatic heterocycles. The van der Waals surface area contributed by atoms with Crippen LogP contribution in [0.3, 0.4) is 0 Å². The van der Waals surface area contributed by atoms with Gasteiger partial charge >= 0.3 is 6.03 Å². The largest absolute Gasteiger partial charge is 0.374 e. The second kappa shape index (κ2) is 7.77. The molecule has 1 atom stereocenters. The Hall–Kier alpha value is -2.11. The Morgan fingerprint density at radius 3 is 2.64 bits per heavy atom. The molecule has 6 heteroatoms. The van der Waals surface area contributed by atoms with E-state index in [2.05, 4.69) is 16.0 Å². The second-order valence-electron chi connectivity index (χ2n) is 5.67. The lowest BCUT2D eigenvalue weighted by molar-refractivity contribution is -0.120. The summed E-state index contributed by atoms with van der Waals surface area (Å²) in [7, 11) is 0. The minimum atomic E-state index is -0.640. The first-order valence-corrected chi connectivity index (χ1v) is 7.68.